The number of aromatic nitrogens is 1. The van der Waals surface area contributed by atoms with Crippen molar-refractivity contribution in [3.05, 3.63) is 17.3 Å². The van der Waals surface area contributed by atoms with Crippen molar-refractivity contribution in [2.24, 2.45) is 5.92 Å². The zero-order valence-corrected chi connectivity index (χ0v) is 10.2. The first kappa shape index (κ1) is 12.1. The van der Waals surface area contributed by atoms with Crippen molar-refractivity contribution in [2.45, 2.75) is 33.2 Å². The van der Waals surface area contributed by atoms with Crippen LogP contribution in [0.4, 0.5) is 11.5 Å². The molecule has 0 aliphatic heterocycles. The molecule has 0 aliphatic rings. The normalized spacial score (nSPS) is 14.7. The fraction of sp³-hybridized carbons (Fsp3) is 0.545. The quantitative estimate of drug-likeness (QED) is 0.831. The average molecular weight is 228 g/mol. The molecule has 4 heteroatoms. The number of nitrogens with two attached hydrogens (primary N) is 1. The summed E-state index contributed by atoms with van der Waals surface area (Å²) in [4.78, 5) is 4.17. The molecule has 84 valence electrons. The van der Waals surface area contributed by atoms with E-state index in [1.165, 1.54) is 0 Å². The minimum absolute atomic E-state index is 0.353. The molecule has 2 atom stereocenters. The first-order valence-corrected chi connectivity index (χ1v) is 5.60. The van der Waals surface area contributed by atoms with Crippen molar-refractivity contribution >= 4 is 23.1 Å². The van der Waals surface area contributed by atoms with Gasteiger partial charge < -0.3 is 11.1 Å². The van der Waals surface area contributed by atoms with Crippen LogP contribution in [0.15, 0.2) is 12.3 Å². The summed E-state index contributed by atoms with van der Waals surface area (Å²) in [7, 11) is 0. The SMILES string of the molecule is CCC(C)C(C)Nc1ncc(Cl)cc1N. The third-order valence-corrected chi connectivity index (χ3v) is 2.95. The van der Waals surface area contributed by atoms with Gasteiger partial charge in [0.1, 0.15) is 5.82 Å². The van der Waals surface area contributed by atoms with E-state index in [2.05, 4.69) is 31.1 Å². The maximum atomic E-state index is 5.80. The van der Waals surface area contributed by atoms with Gasteiger partial charge in [-0.2, -0.15) is 0 Å². The Bertz CT molecular complexity index is 328. The minimum atomic E-state index is 0.353. The molecule has 0 saturated heterocycles. The fourth-order valence-corrected chi connectivity index (χ4v) is 1.45. The number of anilines is 2. The smallest absolute Gasteiger partial charge is 0.149 e. The maximum absolute atomic E-state index is 5.80. The van der Waals surface area contributed by atoms with E-state index in [1.807, 2.05) is 0 Å². The molecular weight excluding hydrogens is 210 g/mol. The molecule has 1 heterocycles. The Morgan fingerprint density at radius 1 is 1.53 bits per heavy atom. The van der Waals surface area contributed by atoms with Gasteiger partial charge in [0.15, 0.2) is 0 Å². The van der Waals surface area contributed by atoms with Crippen molar-refractivity contribution in [1.29, 1.82) is 0 Å². The molecule has 1 rings (SSSR count). The van der Waals surface area contributed by atoms with Crippen LogP contribution < -0.4 is 11.1 Å². The van der Waals surface area contributed by atoms with Crippen molar-refractivity contribution < 1.29 is 0 Å². The molecule has 0 amide bonds. The molecule has 1 aromatic heterocycles. The van der Waals surface area contributed by atoms with Crippen LogP contribution >= 0.6 is 11.6 Å². The number of nitrogens with zero attached hydrogens (tertiary/aromatic N) is 1. The van der Waals surface area contributed by atoms with Crippen molar-refractivity contribution in [3.63, 3.8) is 0 Å². The third-order valence-electron chi connectivity index (χ3n) is 2.75. The summed E-state index contributed by atoms with van der Waals surface area (Å²) in [5, 5.41) is 3.86. The van der Waals surface area contributed by atoms with Crippen LogP contribution in [0.3, 0.4) is 0 Å². The molecule has 0 aliphatic carbocycles. The Morgan fingerprint density at radius 3 is 2.73 bits per heavy atom. The zero-order valence-electron chi connectivity index (χ0n) is 9.42. The molecule has 3 N–H and O–H groups in total. The van der Waals surface area contributed by atoms with E-state index < -0.39 is 0 Å². The molecule has 0 radical (unpaired) electrons. The number of pyridine rings is 1. The van der Waals surface area contributed by atoms with E-state index in [4.69, 9.17) is 17.3 Å². The minimum Gasteiger partial charge on any atom is -0.396 e. The average Bonchev–Trinajstić information content (AvgIpc) is 2.20. The lowest BCUT2D eigenvalue weighted by Gasteiger charge is -2.21. The second kappa shape index (κ2) is 5.21. The summed E-state index contributed by atoms with van der Waals surface area (Å²) in [6.07, 6.45) is 2.73. The fourth-order valence-electron chi connectivity index (χ4n) is 1.29. The van der Waals surface area contributed by atoms with Gasteiger partial charge in [-0.15, -0.1) is 0 Å². The summed E-state index contributed by atoms with van der Waals surface area (Å²) in [5.74, 6) is 1.30. The standard InChI is InChI=1S/C11H18ClN3/c1-4-7(2)8(3)15-11-10(13)5-9(12)6-14-11/h5-8H,4,13H2,1-3H3,(H,14,15). The van der Waals surface area contributed by atoms with Crippen molar-refractivity contribution in [2.75, 3.05) is 11.1 Å². The van der Waals surface area contributed by atoms with Gasteiger partial charge in [-0.3, -0.25) is 0 Å². The molecule has 1 aromatic rings. The van der Waals surface area contributed by atoms with Crippen molar-refractivity contribution in [1.82, 2.24) is 4.98 Å². The summed E-state index contributed by atoms with van der Waals surface area (Å²) >= 11 is 5.77. The molecular formula is C11H18ClN3. The Hall–Kier alpha value is -0.960. The van der Waals surface area contributed by atoms with Gasteiger partial charge in [-0.05, 0) is 18.9 Å². The Balaban J connectivity index is 2.72. The van der Waals surface area contributed by atoms with E-state index in [9.17, 15) is 0 Å². The molecule has 0 bridgehead atoms. The predicted octanol–water partition coefficient (Wildman–Crippen LogP) is 3.16. The Kier molecular flexibility index (Phi) is 4.21. The van der Waals surface area contributed by atoms with E-state index in [0.717, 1.165) is 6.42 Å². The second-order valence-corrected chi connectivity index (χ2v) is 4.35. The van der Waals surface area contributed by atoms with Gasteiger partial charge in [0.05, 0.1) is 10.7 Å². The van der Waals surface area contributed by atoms with Crippen LogP contribution in [0.25, 0.3) is 0 Å². The van der Waals surface area contributed by atoms with E-state index in [-0.39, 0.29) is 0 Å². The number of nitrogen functional groups attached to an aromatic ring is 1. The molecule has 15 heavy (non-hydrogen) atoms. The predicted molar refractivity (Wildman–Crippen MR) is 66.2 cm³/mol. The van der Waals surface area contributed by atoms with E-state index >= 15 is 0 Å². The highest BCUT2D eigenvalue weighted by Gasteiger charge is 2.11. The van der Waals surface area contributed by atoms with Gasteiger partial charge >= 0.3 is 0 Å². The van der Waals surface area contributed by atoms with Gasteiger partial charge in [0.2, 0.25) is 0 Å². The lowest BCUT2D eigenvalue weighted by molar-refractivity contribution is 0.494. The summed E-state index contributed by atoms with van der Waals surface area (Å²) in [5.41, 5.74) is 6.40. The summed E-state index contributed by atoms with van der Waals surface area (Å²) < 4.78 is 0. The molecule has 0 saturated carbocycles. The Labute approximate surface area is 96.0 Å². The highest BCUT2D eigenvalue weighted by Crippen LogP contribution is 2.21. The molecule has 3 nitrogen and oxygen atoms in total. The van der Waals surface area contributed by atoms with Crippen LogP contribution in [0.2, 0.25) is 5.02 Å². The molecule has 0 spiro atoms. The van der Waals surface area contributed by atoms with Gasteiger partial charge in [0, 0.05) is 12.2 Å². The first-order valence-electron chi connectivity index (χ1n) is 5.22. The number of hydrogen-bond donors (Lipinski definition) is 2. The number of rotatable bonds is 4. The zero-order chi connectivity index (χ0) is 11.4. The molecule has 0 fully saturated rings. The van der Waals surface area contributed by atoms with Crippen LogP contribution in [0.1, 0.15) is 27.2 Å². The molecule has 0 aromatic carbocycles. The lowest BCUT2D eigenvalue weighted by Crippen LogP contribution is -2.24. The topological polar surface area (TPSA) is 50.9 Å². The van der Waals surface area contributed by atoms with E-state index in [1.54, 1.807) is 12.3 Å². The maximum Gasteiger partial charge on any atom is 0.149 e. The van der Waals surface area contributed by atoms with Gasteiger partial charge in [0.25, 0.3) is 0 Å². The molecule has 2 unspecified atom stereocenters. The lowest BCUT2D eigenvalue weighted by atomic mass is 10.0. The highest BCUT2D eigenvalue weighted by molar-refractivity contribution is 6.30. The number of hydrogen-bond acceptors (Lipinski definition) is 3. The van der Waals surface area contributed by atoms with Crippen molar-refractivity contribution in [3.8, 4) is 0 Å². The highest BCUT2D eigenvalue weighted by atomic mass is 35.5. The van der Waals surface area contributed by atoms with Crippen LogP contribution in [-0.4, -0.2) is 11.0 Å². The first-order chi connectivity index (χ1) is 7.04. The third kappa shape index (κ3) is 3.27. The largest absolute Gasteiger partial charge is 0.396 e. The van der Waals surface area contributed by atoms with E-state index in [0.29, 0.717) is 28.5 Å². The monoisotopic (exact) mass is 227 g/mol. The van der Waals surface area contributed by atoms with Crippen LogP contribution in [-0.2, 0) is 0 Å². The van der Waals surface area contributed by atoms with Gasteiger partial charge in [-0.1, -0.05) is 31.9 Å². The van der Waals surface area contributed by atoms with Crippen LogP contribution in [0, 0.1) is 5.92 Å². The second-order valence-electron chi connectivity index (χ2n) is 3.91. The number of nitrogens with one attached hydrogen (secondary N) is 1. The van der Waals surface area contributed by atoms with Gasteiger partial charge in [-0.25, -0.2) is 4.98 Å². The Morgan fingerprint density at radius 2 is 2.20 bits per heavy atom. The summed E-state index contributed by atoms with van der Waals surface area (Å²) in [6, 6.07) is 2.06. The summed E-state index contributed by atoms with van der Waals surface area (Å²) in [6.45, 7) is 6.50. The van der Waals surface area contributed by atoms with Crippen LogP contribution in [0.5, 0.6) is 0 Å². The number of halogens is 1.